The molecule has 0 atom stereocenters. The van der Waals surface area contributed by atoms with Crippen molar-refractivity contribution in [3.8, 4) is 0 Å². The van der Waals surface area contributed by atoms with E-state index in [0.29, 0.717) is 24.1 Å². The molecule has 0 saturated carbocycles. The van der Waals surface area contributed by atoms with Crippen LogP contribution in [0.25, 0.3) is 0 Å². The molecule has 2 aromatic heterocycles. The number of carboxylic acids is 1. The van der Waals surface area contributed by atoms with Gasteiger partial charge >= 0.3 is 5.97 Å². The number of aryl methyl sites for hydroxylation is 1. The zero-order valence-electron chi connectivity index (χ0n) is 11.5. The van der Waals surface area contributed by atoms with Crippen molar-refractivity contribution in [1.29, 1.82) is 0 Å². The first-order valence-corrected chi connectivity index (χ1v) is 6.55. The molecule has 0 aliphatic carbocycles. The van der Waals surface area contributed by atoms with Crippen molar-refractivity contribution in [3.05, 3.63) is 47.0 Å². The molecule has 0 unspecified atom stereocenters. The molecule has 1 amide bonds. The summed E-state index contributed by atoms with van der Waals surface area (Å²) in [5.74, 6) is -1.15. The fourth-order valence-electron chi connectivity index (χ4n) is 2.62. The Bertz CT molecular complexity index is 709. The molecule has 7 nitrogen and oxygen atoms in total. The molecule has 108 valence electrons. The molecule has 3 rings (SSSR count). The number of aromatic carboxylic acids is 1. The number of rotatable bonds is 2. The van der Waals surface area contributed by atoms with Gasteiger partial charge in [-0.1, -0.05) is 0 Å². The van der Waals surface area contributed by atoms with E-state index < -0.39 is 5.97 Å². The van der Waals surface area contributed by atoms with E-state index in [4.69, 9.17) is 0 Å². The molecule has 1 N–H and O–H groups in total. The second-order valence-electron chi connectivity index (χ2n) is 4.92. The number of aromatic nitrogens is 3. The Morgan fingerprint density at radius 3 is 2.67 bits per heavy atom. The largest absolute Gasteiger partial charge is 0.477 e. The lowest BCUT2D eigenvalue weighted by atomic mass is 10.0. The fourth-order valence-corrected chi connectivity index (χ4v) is 2.62. The zero-order chi connectivity index (χ0) is 15.0. The molecule has 0 aromatic carbocycles. The predicted molar refractivity (Wildman–Crippen MR) is 72.8 cm³/mol. The Hall–Kier alpha value is -2.70. The average Bonchev–Trinajstić information content (AvgIpc) is 2.82. The smallest absolute Gasteiger partial charge is 0.354 e. The maximum atomic E-state index is 12.4. The Balaban J connectivity index is 1.91. The lowest BCUT2D eigenvalue weighted by Crippen LogP contribution is -2.36. The van der Waals surface area contributed by atoms with Gasteiger partial charge in [-0.05, 0) is 12.1 Å². The van der Waals surface area contributed by atoms with E-state index in [1.54, 1.807) is 36.5 Å². The molecule has 0 fully saturated rings. The minimum absolute atomic E-state index is 0.122. The van der Waals surface area contributed by atoms with Crippen LogP contribution in [0.4, 0.5) is 0 Å². The van der Waals surface area contributed by atoms with E-state index in [1.807, 2.05) is 0 Å². The number of carbonyl (C=O) groups is 2. The summed E-state index contributed by atoms with van der Waals surface area (Å²) in [5.41, 5.74) is 2.08. The second-order valence-corrected chi connectivity index (χ2v) is 4.92. The summed E-state index contributed by atoms with van der Waals surface area (Å²) < 4.78 is 1.37. The third-order valence-corrected chi connectivity index (χ3v) is 3.61. The van der Waals surface area contributed by atoms with Gasteiger partial charge in [0.1, 0.15) is 0 Å². The van der Waals surface area contributed by atoms with Crippen LogP contribution in [0.5, 0.6) is 0 Å². The zero-order valence-corrected chi connectivity index (χ0v) is 11.5. The van der Waals surface area contributed by atoms with Crippen molar-refractivity contribution in [2.75, 3.05) is 6.54 Å². The van der Waals surface area contributed by atoms with Crippen LogP contribution in [0.15, 0.2) is 24.5 Å². The van der Waals surface area contributed by atoms with Gasteiger partial charge < -0.3 is 10.0 Å². The van der Waals surface area contributed by atoms with E-state index in [0.717, 1.165) is 5.69 Å². The van der Waals surface area contributed by atoms with Crippen LogP contribution in [0.1, 0.15) is 32.1 Å². The van der Waals surface area contributed by atoms with Crippen molar-refractivity contribution in [2.24, 2.45) is 7.05 Å². The molecular weight excluding hydrogens is 272 g/mol. The third kappa shape index (κ3) is 2.26. The van der Waals surface area contributed by atoms with Crippen LogP contribution in [0.2, 0.25) is 0 Å². The van der Waals surface area contributed by atoms with Gasteiger partial charge in [-0.3, -0.25) is 14.5 Å². The molecule has 0 spiro atoms. The van der Waals surface area contributed by atoms with Gasteiger partial charge in [0.15, 0.2) is 5.69 Å². The summed E-state index contributed by atoms with van der Waals surface area (Å²) in [7, 11) is 1.61. The van der Waals surface area contributed by atoms with Gasteiger partial charge in [-0.25, -0.2) is 4.79 Å². The van der Waals surface area contributed by atoms with Crippen LogP contribution >= 0.6 is 0 Å². The summed E-state index contributed by atoms with van der Waals surface area (Å²) in [4.78, 5) is 29.3. The molecule has 0 radical (unpaired) electrons. The molecule has 7 heteroatoms. The highest BCUT2D eigenvalue weighted by atomic mass is 16.4. The number of hydrogen-bond donors (Lipinski definition) is 1. The van der Waals surface area contributed by atoms with Gasteiger partial charge in [-0.15, -0.1) is 0 Å². The van der Waals surface area contributed by atoms with E-state index in [9.17, 15) is 14.7 Å². The van der Waals surface area contributed by atoms with E-state index >= 15 is 0 Å². The van der Waals surface area contributed by atoms with Crippen LogP contribution in [-0.2, 0) is 20.0 Å². The average molecular weight is 286 g/mol. The van der Waals surface area contributed by atoms with Crippen LogP contribution in [0, 0.1) is 0 Å². The van der Waals surface area contributed by atoms with E-state index in [-0.39, 0.29) is 18.1 Å². The Labute approximate surface area is 120 Å². The van der Waals surface area contributed by atoms with Gasteiger partial charge in [0.05, 0.1) is 12.2 Å². The highest BCUT2D eigenvalue weighted by Crippen LogP contribution is 2.23. The number of nitrogens with zero attached hydrogens (tertiary/aromatic N) is 4. The Kier molecular flexibility index (Phi) is 3.17. The lowest BCUT2D eigenvalue weighted by Gasteiger charge is -2.26. The summed E-state index contributed by atoms with van der Waals surface area (Å²) in [6.07, 6.45) is 3.69. The van der Waals surface area contributed by atoms with E-state index in [1.165, 1.54) is 4.68 Å². The van der Waals surface area contributed by atoms with Crippen LogP contribution in [0.3, 0.4) is 0 Å². The normalized spacial score (nSPS) is 13.9. The quantitative estimate of drug-likeness (QED) is 0.878. The van der Waals surface area contributed by atoms with E-state index in [2.05, 4.69) is 10.1 Å². The second kappa shape index (κ2) is 5.01. The first-order chi connectivity index (χ1) is 10.1. The van der Waals surface area contributed by atoms with Gasteiger partial charge in [0.25, 0.3) is 5.91 Å². The molecule has 21 heavy (non-hydrogen) atoms. The number of pyridine rings is 1. The summed E-state index contributed by atoms with van der Waals surface area (Å²) in [6.45, 7) is 0.802. The van der Waals surface area contributed by atoms with Crippen LogP contribution in [-0.4, -0.2) is 43.2 Å². The standard InChI is InChI=1S/C14H14N4O3/c1-17-12(14(20)21)10-8-18(7-4-11(10)16-17)13(19)9-2-5-15-6-3-9/h2-3,5-6H,4,7-8H2,1H3,(H,20,21). The molecule has 1 aliphatic heterocycles. The predicted octanol–water partition coefficient (Wildman–Crippen LogP) is 0.712. The summed E-state index contributed by atoms with van der Waals surface area (Å²) >= 11 is 0. The molecule has 0 bridgehead atoms. The SMILES string of the molecule is Cn1nc2c(c1C(=O)O)CN(C(=O)c1ccncc1)CC2. The first kappa shape index (κ1) is 13.3. The fraction of sp³-hybridized carbons (Fsp3) is 0.286. The highest BCUT2D eigenvalue weighted by molar-refractivity contribution is 5.94. The van der Waals surface area contributed by atoms with Gasteiger partial charge in [0.2, 0.25) is 0 Å². The number of hydrogen-bond acceptors (Lipinski definition) is 4. The molecule has 0 saturated heterocycles. The minimum Gasteiger partial charge on any atom is -0.477 e. The number of fused-ring (bicyclic) bond motifs is 1. The third-order valence-electron chi connectivity index (χ3n) is 3.61. The van der Waals surface area contributed by atoms with Gasteiger partial charge in [-0.2, -0.15) is 5.10 Å². The van der Waals surface area contributed by atoms with Gasteiger partial charge in [0, 0.05) is 43.5 Å². The van der Waals surface area contributed by atoms with Crippen molar-refractivity contribution >= 4 is 11.9 Å². The Morgan fingerprint density at radius 1 is 1.29 bits per heavy atom. The van der Waals surface area contributed by atoms with Crippen molar-refractivity contribution in [1.82, 2.24) is 19.7 Å². The van der Waals surface area contributed by atoms with Crippen molar-refractivity contribution in [3.63, 3.8) is 0 Å². The number of amides is 1. The lowest BCUT2D eigenvalue weighted by molar-refractivity contribution is 0.0669. The maximum Gasteiger partial charge on any atom is 0.354 e. The number of carboxylic acid groups (broad SMARTS) is 1. The summed E-state index contributed by atoms with van der Waals surface area (Å²) in [6, 6.07) is 3.30. The molecule has 1 aliphatic rings. The topological polar surface area (TPSA) is 88.3 Å². The minimum atomic E-state index is -1.02. The first-order valence-electron chi connectivity index (χ1n) is 6.55. The summed E-state index contributed by atoms with van der Waals surface area (Å²) in [5, 5.41) is 13.5. The van der Waals surface area contributed by atoms with Crippen molar-refractivity contribution in [2.45, 2.75) is 13.0 Å². The van der Waals surface area contributed by atoms with Crippen molar-refractivity contribution < 1.29 is 14.7 Å². The maximum absolute atomic E-state index is 12.4. The molecule has 2 aromatic rings. The Morgan fingerprint density at radius 2 is 2.00 bits per heavy atom. The molecule has 3 heterocycles. The number of carbonyl (C=O) groups excluding carboxylic acids is 1. The molecular formula is C14H14N4O3. The van der Waals surface area contributed by atoms with Crippen LogP contribution < -0.4 is 0 Å². The monoisotopic (exact) mass is 286 g/mol. The highest BCUT2D eigenvalue weighted by Gasteiger charge is 2.29.